The molecule has 1 amide bonds. The number of carbonyl (C=O) groups excluding carboxylic acids is 1. The summed E-state index contributed by atoms with van der Waals surface area (Å²) in [7, 11) is 0. The van der Waals surface area contributed by atoms with Gasteiger partial charge in [0.05, 0.1) is 29.1 Å². The van der Waals surface area contributed by atoms with Crippen LogP contribution >= 0.6 is 0 Å². The molecule has 2 aromatic heterocycles. The number of H-pyrrole nitrogens is 1. The quantitative estimate of drug-likeness (QED) is 0.698. The molecule has 2 fully saturated rings. The van der Waals surface area contributed by atoms with Crippen molar-refractivity contribution in [1.29, 1.82) is 0 Å². The maximum absolute atomic E-state index is 13.2. The van der Waals surface area contributed by atoms with Crippen molar-refractivity contribution in [3.05, 3.63) is 53.5 Å². The summed E-state index contributed by atoms with van der Waals surface area (Å²) in [4.78, 5) is 19.6. The van der Waals surface area contributed by atoms with E-state index in [4.69, 9.17) is 4.74 Å². The fourth-order valence-electron chi connectivity index (χ4n) is 4.96. The summed E-state index contributed by atoms with van der Waals surface area (Å²) in [6, 6.07) is 9.52. The summed E-state index contributed by atoms with van der Waals surface area (Å²) in [5.74, 6) is 1.36. The van der Waals surface area contributed by atoms with Crippen molar-refractivity contribution in [3.8, 4) is 5.75 Å². The van der Waals surface area contributed by atoms with Gasteiger partial charge in [-0.2, -0.15) is 5.10 Å². The number of amides is 1. The number of hydrogen-bond acceptors (Lipinski definition) is 5. The second-order valence-corrected chi connectivity index (χ2v) is 8.60. The lowest BCUT2D eigenvalue weighted by Gasteiger charge is -2.35. The molecule has 30 heavy (non-hydrogen) atoms. The van der Waals surface area contributed by atoms with Gasteiger partial charge in [-0.25, -0.2) is 0 Å². The first-order chi connectivity index (χ1) is 14.5. The average Bonchev–Trinajstić information content (AvgIpc) is 3.36. The summed E-state index contributed by atoms with van der Waals surface area (Å²) in [5.41, 5.74) is 3.21. The van der Waals surface area contributed by atoms with Gasteiger partial charge in [-0.3, -0.25) is 14.9 Å². The van der Waals surface area contributed by atoms with Gasteiger partial charge >= 0.3 is 0 Å². The lowest BCUT2D eigenvalue weighted by Crippen LogP contribution is -2.42. The Balaban J connectivity index is 1.31. The molecule has 3 aromatic rings. The molecule has 0 bridgehead atoms. The van der Waals surface area contributed by atoms with Gasteiger partial charge in [-0.05, 0) is 56.7 Å². The first-order valence-electron chi connectivity index (χ1n) is 10.5. The van der Waals surface area contributed by atoms with E-state index in [2.05, 4.69) is 15.2 Å². The third-order valence-electron chi connectivity index (χ3n) is 6.53. The molecular weight excluding hydrogens is 380 g/mol. The number of para-hydroxylation sites is 1. The number of carbonyl (C=O) groups is 1. The van der Waals surface area contributed by atoms with Crippen LogP contribution in [0.15, 0.2) is 36.5 Å². The molecule has 2 aliphatic rings. The Hall–Kier alpha value is -2.93. The van der Waals surface area contributed by atoms with Crippen molar-refractivity contribution in [2.24, 2.45) is 11.8 Å². The molecule has 1 aliphatic heterocycles. The van der Waals surface area contributed by atoms with Crippen molar-refractivity contribution in [2.45, 2.75) is 38.9 Å². The number of benzene rings is 1. The van der Waals surface area contributed by atoms with Crippen molar-refractivity contribution in [2.75, 3.05) is 13.1 Å². The zero-order chi connectivity index (χ0) is 20.8. The number of nitrogens with one attached hydrogen (secondary N) is 1. The number of nitrogens with zero attached hydrogens (tertiary/aromatic N) is 3. The van der Waals surface area contributed by atoms with Crippen LogP contribution in [-0.4, -0.2) is 56.4 Å². The van der Waals surface area contributed by atoms with Crippen LogP contribution in [-0.2, 0) is 0 Å². The molecule has 2 N–H and O–H groups in total. The Kier molecular flexibility index (Phi) is 4.70. The highest BCUT2D eigenvalue weighted by Crippen LogP contribution is 2.39. The topological polar surface area (TPSA) is 91.3 Å². The minimum Gasteiger partial charge on any atom is -0.486 e. The van der Waals surface area contributed by atoms with E-state index in [0.29, 0.717) is 36.9 Å². The number of pyridine rings is 1. The third-order valence-corrected chi connectivity index (χ3v) is 6.53. The fraction of sp³-hybridized carbons (Fsp3) is 0.435. The minimum absolute atomic E-state index is 0.0183. The number of aryl methyl sites for hydroxylation is 2. The van der Waals surface area contributed by atoms with E-state index in [1.165, 1.54) is 0 Å². The van der Waals surface area contributed by atoms with E-state index in [9.17, 15) is 9.90 Å². The highest BCUT2D eigenvalue weighted by molar-refractivity contribution is 6.05. The molecule has 0 spiro atoms. The van der Waals surface area contributed by atoms with Gasteiger partial charge in [0.15, 0.2) is 0 Å². The van der Waals surface area contributed by atoms with Crippen LogP contribution in [0.3, 0.4) is 0 Å². The predicted molar refractivity (Wildman–Crippen MR) is 112 cm³/mol. The van der Waals surface area contributed by atoms with Crippen LogP contribution in [0, 0.1) is 25.7 Å². The summed E-state index contributed by atoms with van der Waals surface area (Å²) in [5, 5.41) is 18.7. The van der Waals surface area contributed by atoms with Gasteiger partial charge in [0, 0.05) is 24.2 Å². The lowest BCUT2D eigenvalue weighted by atomic mass is 9.78. The Morgan fingerprint density at radius 3 is 2.77 bits per heavy atom. The third kappa shape index (κ3) is 3.33. The van der Waals surface area contributed by atoms with Crippen LogP contribution in [0.5, 0.6) is 5.75 Å². The standard InChI is InChI=1S/C23H26N4O3/c1-13-6-7-20(14(2)25-13)30-21-9-17-12-27(11-16(17)8-19(21)28)23(29)18-5-3-4-15-10-24-26-22(15)18/h3-7,10,16-17,19,21,28H,8-9,11-12H2,1-2H3,(H,24,26)/t16-,17+,19+,21+/m0/s1. The van der Waals surface area contributed by atoms with Gasteiger partial charge in [0.1, 0.15) is 11.9 Å². The summed E-state index contributed by atoms with van der Waals surface area (Å²) in [6.45, 7) is 5.23. The number of aromatic amines is 1. The normalized spacial score (nSPS) is 26.0. The second kappa shape index (κ2) is 7.40. The van der Waals surface area contributed by atoms with Crippen LogP contribution in [0.1, 0.15) is 34.6 Å². The summed E-state index contributed by atoms with van der Waals surface area (Å²) in [6.07, 6.45) is 2.29. The van der Waals surface area contributed by atoms with E-state index in [0.717, 1.165) is 34.5 Å². The molecule has 1 aliphatic carbocycles. The minimum atomic E-state index is -0.543. The van der Waals surface area contributed by atoms with Crippen molar-refractivity contribution in [1.82, 2.24) is 20.1 Å². The first-order valence-corrected chi connectivity index (χ1v) is 10.5. The Labute approximate surface area is 175 Å². The maximum atomic E-state index is 13.2. The van der Waals surface area contributed by atoms with Crippen LogP contribution in [0.25, 0.3) is 10.9 Å². The first kappa shape index (κ1) is 19.1. The Morgan fingerprint density at radius 1 is 1.17 bits per heavy atom. The van der Waals surface area contributed by atoms with Crippen LogP contribution < -0.4 is 4.74 Å². The van der Waals surface area contributed by atoms with Gasteiger partial charge in [-0.15, -0.1) is 0 Å². The van der Waals surface area contributed by atoms with E-state index in [-0.39, 0.29) is 12.0 Å². The van der Waals surface area contributed by atoms with Crippen molar-refractivity contribution < 1.29 is 14.6 Å². The lowest BCUT2D eigenvalue weighted by molar-refractivity contribution is -0.0236. The molecule has 1 saturated carbocycles. The smallest absolute Gasteiger partial charge is 0.256 e. The average molecular weight is 406 g/mol. The van der Waals surface area contributed by atoms with Gasteiger partial charge in [0.25, 0.3) is 5.91 Å². The fourth-order valence-corrected chi connectivity index (χ4v) is 4.96. The molecule has 4 atom stereocenters. The number of likely N-dealkylation sites (tertiary alicyclic amines) is 1. The maximum Gasteiger partial charge on any atom is 0.256 e. The van der Waals surface area contributed by atoms with Crippen molar-refractivity contribution in [3.63, 3.8) is 0 Å². The number of rotatable bonds is 3. The van der Waals surface area contributed by atoms with Gasteiger partial charge in [-0.1, -0.05) is 12.1 Å². The largest absolute Gasteiger partial charge is 0.486 e. The molecule has 0 radical (unpaired) electrons. The zero-order valence-corrected chi connectivity index (χ0v) is 17.2. The highest BCUT2D eigenvalue weighted by Gasteiger charge is 2.44. The molecule has 0 unspecified atom stereocenters. The molecule has 3 heterocycles. The molecule has 1 saturated heterocycles. The molecule has 7 nitrogen and oxygen atoms in total. The number of aliphatic hydroxyl groups excluding tert-OH is 1. The number of aromatic nitrogens is 3. The van der Waals surface area contributed by atoms with Gasteiger partial charge < -0.3 is 14.7 Å². The molecule has 7 heteroatoms. The predicted octanol–water partition coefficient (Wildman–Crippen LogP) is 2.87. The number of hydrogen-bond donors (Lipinski definition) is 2. The Bertz CT molecular complexity index is 1090. The number of fused-ring (bicyclic) bond motifs is 2. The van der Waals surface area contributed by atoms with E-state index < -0.39 is 6.10 Å². The number of aliphatic hydroxyl groups is 1. The Morgan fingerprint density at radius 2 is 1.97 bits per heavy atom. The summed E-state index contributed by atoms with van der Waals surface area (Å²) < 4.78 is 6.16. The molecular formula is C23H26N4O3. The van der Waals surface area contributed by atoms with E-state index in [1.807, 2.05) is 49.1 Å². The SMILES string of the molecule is Cc1ccc(O[C@@H]2C[C@@H]3CN(C(=O)c4cccc5cn[nH]c45)C[C@@H]3C[C@H]2O)c(C)n1. The van der Waals surface area contributed by atoms with Crippen molar-refractivity contribution >= 4 is 16.8 Å². The van der Waals surface area contributed by atoms with E-state index in [1.54, 1.807) is 6.20 Å². The molecule has 1 aromatic carbocycles. The summed E-state index contributed by atoms with van der Waals surface area (Å²) >= 11 is 0. The molecule has 156 valence electrons. The van der Waals surface area contributed by atoms with E-state index >= 15 is 0 Å². The second-order valence-electron chi connectivity index (χ2n) is 8.60. The van der Waals surface area contributed by atoms with Gasteiger partial charge in [0.2, 0.25) is 0 Å². The number of ether oxygens (including phenoxy) is 1. The van der Waals surface area contributed by atoms with Crippen LogP contribution in [0.2, 0.25) is 0 Å². The molecule has 5 rings (SSSR count). The highest BCUT2D eigenvalue weighted by atomic mass is 16.5. The zero-order valence-electron chi connectivity index (χ0n) is 17.2. The monoisotopic (exact) mass is 406 g/mol. The van der Waals surface area contributed by atoms with Crippen LogP contribution in [0.4, 0.5) is 0 Å².